The van der Waals surface area contributed by atoms with Crippen molar-refractivity contribution in [3.63, 3.8) is 0 Å². The van der Waals surface area contributed by atoms with Crippen molar-refractivity contribution in [2.75, 3.05) is 0 Å². The SMILES string of the molecule is Cc1cc(C)c(C)c(-c2cc(C)cc[n+]2C)c1. The Labute approximate surface area is 104 Å². The topological polar surface area (TPSA) is 3.88 Å². The molecule has 1 nitrogen and oxygen atoms in total. The maximum Gasteiger partial charge on any atom is 0.212 e. The summed E-state index contributed by atoms with van der Waals surface area (Å²) in [5, 5.41) is 0. The van der Waals surface area contributed by atoms with Crippen LogP contribution in [0.4, 0.5) is 0 Å². The van der Waals surface area contributed by atoms with E-state index in [1.54, 1.807) is 0 Å². The third kappa shape index (κ3) is 2.23. The van der Waals surface area contributed by atoms with Gasteiger partial charge in [-0.15, -0.1) is 0 Å². The van der Waals surface area contributed by atoms with Gasteiger partial charge in [-0.25, -0.2) is 4.57 Å². The summed E-state index contributed by atoms with van der Waals surface area (Å²) in [5.74, 6) is 0. The van der Waals surface area contributed by atoms with Crippen LogP contribution in [0.25, 0.3) is 11.3 Å². The highest BCUT2D eigenvalue weighted by atomic mass is 14.9. The normalized spacial score (nSPS) is 10.6. The van der Waals surface area contributed by atoms with Crippen LogP contribution in [0.5, 0.6) is 0 Å². The molecular formula is C16H20N+. The van der Waals surface area contributed by atoms with Gasteiger partial charge in [0.25, 0.3) is 0 Å². The fraction of sp³-hybridized carbons (Fsp3) is 0.312. The lowest BCUT2D eigenvalue weighted by Crippen LogP contribution is -2.30. The Balaban J connectivity index is 2.72. The minimum absolute atomic E-state index is 1.29. The van der Waals surface area contributed by atoms with Crippen molar-refractivity contribution in [3.05, 3.63) is 52.7 Å². The second-order valence-corrected chi connectivity index (χ2v) is 4.95. The smallest absolute Gasteiger partial charge is 0.201 e. The van der Waals surface area contributed by atoms with Crippen LogP contribution in [0.2, 0.25) is 0 Å². The standard InChI is InChI=1S/C16H20N/c1-11-6-7-17(5)16(10-11)15-9-12(2)8-13(3)14(15)4/h6-10H,1-5H3/q+1. The van der Waals surface area contributed by atoms with Gasteiger partial charge in [0.2, 0.25) is 5.69 Å². The van der Waals surface area contributed by atoms with E-state index in [-0.39, 0.29) is 0 Å². The van der Waals surface area contributed by atoms with Gasteiger partial charge in [-0.05, 0) is 50.5 Å². The van der Waals surface area contributed by atoms with Crippen LogP contribution in [0.15, 0.2) is 30.5 Å². The zero-order valence-electron chi connectivity index (χ0n) is 11.3. The lowest BCUT2D eigenvalue weighted by molar-refractivity contribution is -0.660. The number of hydrogen-bond donors (Lipinski definition) is 0. The van der Waals surface area contributed by atoms with Crippen LogP contribution in [-0.2, 0) is 7.05 Å². The minimum Gasteiger partial charge on any atom is -0.201 e. The van der Waals surface area contributed by atoms with Crippen LogP contribution in [-0.4, -0.2) is 0 Å². The van der Waals surface area contributed by atoms with E-state index in [9.17, 15) is 0 Å². The second kappa shape index (κ2) is 4.33. The molecule has 0 aliphatic carbocycles. The van der Waals surface area contributed by atoms with Gasteiger partial charge in [0.15, 0.2) is 6.20 Å². The van der Waals surface area contributed by atoms with E-state index in [4.69, 9.17) is 0 Å². The molecule has 0 saturated heterocycles. The number of hydrogen-bond acceptors (Lipinski definition) is 0. The van der Waals surface area contributed by atoms with Crippen LogP contribution in [0.1, 0.15) is 22.3 Å². The first-order valence-electron chi connectivity index (χ1n) is 6.03. The summed E-state index contributed by atoms with van der Waals surface area (Å²) >= 11 is 0. The Kier molecular flexibility index (Phi) is 3.01. The van der Waals surface area contributed by atoms with Crippen LogP contribution < -0.4 is 4.57 Å². The molecule has 1 heteroatoms. The molecule has 0 aliphatic rings. The molecule has 0 unspecified atom stereocenters. The van der Waals surface area contributed by atoms with E-state index >= 15 is 0 Å². The predicted octanol–water partition coefficient (Wildman–Crippen LogP) is 3.41. The fourth-order valence-corrected chi connectivity index (χ4v) is 2.25. The molecular weight excluding hydrogens is 206 g/mol. The average Bonchev–Trinajstić information content (AvgIpc) is 2.27. The third-order valence-corrected chi connectivity index (χ3v) is 3.39. The summed E-state index contributed by atoms with van der Waals surface area (Å²) in [6, 6.07) is 8.91. The lowest BCUT2D eigenvalue weighted by Gasteiger charge is -2.09. The van der Waals surface area contributed by atoms with Crippen molar-refractivity contribution in [1.29, 1.82) is 0 Å². The number of benzene rings is 1. The van der Waals surface area contributed by atoms with Gasteiger partial charge < -0.3 is 0 Å². The maximum absolute atomic E-state index is 2.27. The molecule has 0 aliphatic heterocycles. The predicted molar refractivity (Wildman–Crippen MR) is 72.0 cm³/mol. The van der Waals surface area contributed by atoms with E-state index in [1.165, 1.54) is 33.5 Å². The van der Waals surface area contributed by atoms with Crippen LogP contribution >= 0.6 is 0 Å². The van der Waals surface area contributed by atoms with E-state index < -0.39 is 0 Å². The van der Waals surface area contributed by atoms with Crippen molar-refractivity contribution in [2.45, 2.75) is 27.7 Å². The second-order valence-electron chi connectivity index (χ2n) is 4.95. The summed E-state index contributed by atoms with van der Waals surface area (Å²) in [4.78, 5) is 0. The van der Waals surface area contributed by atoms with Gasteiger partial charge in [-0.2, -0.15) is 0 Å². The number of rotatable bonds is 1. The highest BCUT2D eigenvalue weighted by Crippen LogP contribution is 2.25. The fourth-order valence-electron chi connectivity index (χ4n) is 2.25. The molecule has 1 aromatic heterocycles. The number of aromatic nitrogens is 1. The number of pyridine rings is 1. The largest absolute Gasteiger partial charge is 0.212 e. The molecule has 0 amide bonds. The summed E-state index contributed by atoms with van der Waals surface area (Å²) in [7, 11) is 2.10. The van der Waals surface area contributed by atoms with E-state index in [1.807, 2.05) is 0 Å². The van der Waals surface area contributed by atoms with E-state index in [2.05, 4.69) is 69.8 Å². The summed E-state index contributed by atoms with van der Waals surface area (Å²) < 4.78 is 2.19. The molecule has 0 fully saturated rings. The molecule has 2 aromatic rings. The zero-order valence-corrected chi connectivity index (χ0v) is 11.3. The molecule has 2 rings (SSSR count). The molecule has 1 aromatic carbocycles. The lowest BCUT2D eigenvalue weighted by atomic mass is 9.97. The van der Waals surface area contributed by atoms with Crippen molar-refractivity contribution < 1.29 is 4.57 Å². The molecule has 1 heterocycles. The molecule has 88 valence electrons. The van der Waals surface area contributed by atoms with E-state index in [0.29, 0.717) is 0 Å². The number of nitrogens with zero attached hydrogens (tertiary/aromatic N) is 1. The summed E-state index contributed by atoms with van der Waals surface area (Å²) in [6.07, 6.45) is 2.13. The maximum atomic E-state index is 2.27. The minimum atomic E-state index is 1.29. The van der Waals surface area contributed by atoms with Gasteiger partial charge in [0.05, 0.1) is 0 Å². The van der Waals surface area contributed by atoms with Crippen molar-refractivity contribution in [1.82, 2.24) is 0 Å². The first kappa shape index (κ1) is 11.8. The van der Waals surface area contributed by atoms with Crippen LogP contribution in [0.3, 0.4) is 0 Å². The Morgan fingerprint density at radius 1 is 0.882 bits per heavy atom. The van der Waals surface area contributed by atoms with Gasteiger partial charge in [-0.3, -0.25) is 0 Å². The number of aryl methyl sites for hydroxylation is 4. The van der Waals surface area contributed by atoms with Gasteiger partial charge >= 0.3 is 0 Å². The highest BCUT2D eigenvalue weighted by molar-refractivity contribution is 5.64. The van der Waals surface area contributed by atoms with E-state index in [0.717, 1.165) is 0 Å². The zero-order chi connectivity index (χ0) is 12.6. The van der Waals surface area contributed by atoms with Crippen LogP contribution in [0, 0.1) is 27.7 Å². The monoisotopic (exact) mass is 226 g/mol. The van der Waals surface area contributed by atoms with Gasteiger partial charge in [0.1, 0.15) is 7.05 Å². The molecule has 0 atom stereocenters. The Hall–Kier alpha value is -1.63. The Morgan fingerprint density at radius 3 is 2.29 bits per heavy atom. The Morgan fingerprint density at radius 2 is 1.59 bits per heavy atom. The molecule has 0 spiro atoms. The third-order valence-electron chi connectivity index (χ3n) is 3.39. The molecule has 0 radical (unpaired) electrons. The summed E-state index contributed by atoms with van der Waals surface area (Å²) in [6.45, 7) is 8.68. The Bertz CT molecular complexity index is 568. The highest BCUT2D eigenvalue weighted by Gasteiger charge is 2.13. The van der Waals surface area contributed by atoms with Crippen molar-refractivity contribution in [3.8, 4) is 11.3 Å². The first-order chi connectivity index (χ1) is 7.99. The molecule has 0 N–H and O–H groups in total. The molecule has 17 heavy (non-hydrogen) atoms. The summed E-state index contributed by atoms with van der Waals surface area (Å²) in [5.41, 5.74) is 7.99. The quantitative estimate of drug-likeness (QED) is 0.656. The van der Waals surface area contributed by atoms with Gasteiger partial charge in [-0.1, -0.05) is 11.6 Å². The van der Waals surface area contributed by atoms with Crippen molar-refractivity contribution >= 4 is 0 Å². The van der Waals surface area contributed by atoms with Gasteiger partial charge in [0, 0.05) is 17.7 Å². The molecule has 0 saturated carbocycles. The average molecular weight is 226 g/mol. The van der Waals surface area contributed by atoms with Crippen molar-refractivity contribution in [2.24, 2.45) is 7.05 Å². The molecule has 0 bridgehead atoms. The first-order valence-corrected chi connectivity index (χ1v) is 6.03.